The van der Waals surface area contributed by atoms with Gasteiger partial charge in [0.25, 0.3) is 0 Å². The standard InChI is InChI=1S/C16H30O3/c1-7-9-10-19-16(18)15(12(5)6)14(11(3)4)13(17)8-2/h11-12,14-15H,7-10H2,1-6H3. The van der Waals surface area contributed by atoms with Gasteiger partial charge in [0.05, 0.1) is 12.5 Å². The van der Waals surface area contributed by atoms with E-state index in [4.69, 9.17) is 4.74 Å². The molecule has 0 aliphatic carbocycles. The third kappa shape index (κ3) is 5.75. The van der Waals surface area contributed by atoms with Crippen LogP contribution in [0.4, 0.5) is 0 Å². The van der Waals surface area contributed by atoms with Crippen LogP contribution < -0.4 is 0 Å². The van der Waals surface area contributed by atoms with Crippen LogP contribution in [0.15, 0.2) is 0 Å². The van der Waals surface area contributed by atoms with E-state index in [1.54, 1.807) is 0 Å². The van der Waals surface area contributed by atoms with Crippen molar-refractivity contribution in [3.63, 3.8) is 0 Å². The van der Waals surface area contributed by atoms with E-state index in [1.807, 2.05) is 34.6 Å². The molecule has 0 amide bonds. The molecule has 0 fully saturated rings. The molecule has 19 heavy (non-hydrogen) atoms. The average molecular weight is 270 g/mol. The summed E-state index contributed by atoms with van der Waals surface area (Å²) < 4.78 is 5.34. The van der Waals surface area contributed by atoms with Crippen LogP contribution in [0.3, 0.4) is 0 Å². The monoisotopic (exact) mass is 270 g/mol. The lowest BCUT2D eigenvalue weighted by Gasteiger charge is -2.30. The van der Waals surface area contributed by atoms with E-state index in [-0.39, 0.29) is 35.4 Å². The van der Waals surface area contributed by atoms with Crippen molar-refractivity contribution in [1.82, 2.24) is 0 Å². The van der Waals surface area contributed by atoms with Crippen LogP contribution in [-0.4, -0.2) is 18.4 Å². The van der Waals surface area contributed by atoms with Crippen molar-refractivity contribution in [2.45, 2.75) is 60.8 Å². The second-order valence-electron chi connectivity index (χ2n) is 5.88. The van der Waals surface area contributed by atoms with E-state index in [1.165, 1.54) is 0 Å². The average Bonchev–Trinajstić information content (AvgIpc) is 2.33. The van der Waals surface area contributed by atoms with E-state index < -0.39 is 0 Å². The maximum Gasteiger partial charge on any atom is 0.309 e. The number of unbranched alkanes of at least 4 members (excludes halogenated alkanes) is 1. The summed E-state index contributed by atoms with van der Waals surface area (Å²) in [5, 5.41) is 0. The van der Waals surface area contributed by atoms with Crippen molar-refractivity contribution in [2.75, 3.05) is 6.61 Å². The van der Waals surface area contributed by atoms with Crippen molar-refractivity contribution >= 4 is 11.8 Å². The largest absolute Gasteiger partial charge is 0.465 e. The highest BCUT2D eigenvalue weighted by Gasteiger charge is 2.37. The van der Waals surface area contributed by atoms with E-state index in [0.717, 1.165) is 12.8 Å². The maximum atomic E-state index is 12.3. The van der Waals surface area contributed by atoms with Gasteiger partial charge in [0.2, 0.25) is 0 Å². The molecule has 0 aliphatic heterocycles. The zero-order valence-electron chi connectivity index (χ0n) is 13.4. The van der Waals surface area contributed by atoms with Gasteiger partial charge in [-0.1, -0.05) is 48.0 Å². The van der Waals surface area contributed by atoms with Gasteiger partial charge in [0.1, 0.15) is 5.78 Å². The van der Waals surface area contributed by atoms with Gasteiger partial charge in [-0.05, 0) is 18.3 Å². The van der Waals surface area contributed by atoms with Crippen molar-refractivity contribution in [1.29, 1.82) is 0 Å². The Hall–Kier alpha value is -0.860. The van der Waals surface area contributed by atoms with Gasteiger partial charge in [-0.25, -0.2) is 0 Å². The minimum absolute atomic E-state index is 0.122. The molecule has 3 nitrogen and oxygen atoms in total. The second-order valence-corrected chi connectivity index (χ2v) is 5.88. The summed E-state index contributed by atoms with van der Waals surface area (Å²) in [6, 6.07) is 0. The molecule has 0 aromatic rings. The summed E-state index contributed by atoms with van der Waals surface area (Å²) in [5.41, 5.74) is 0. The number of esters is 1. The van der Waals surface area contributed by atoms with Gasteiger partial charge in [-0.15, -0.1) is 0 Å². The van der Waals surface area contributed by atoms with Crippen molar-refractivity contribution in [2.24, 2.45) is 23.7 Å². The molecule has 0 aliphatic rings. The number of hydrogen-bond acceptors (Lipinski definition) is 3. The Bertz CT molecular complexity index is 282. The molecule has 0 N–H and O–H groups in total. The first-order chi connectivity index (χ1) is 8.86. The topological polar surface area (TPSA) is 43.4 Å². The van der Waals surface area contributed by atoms with Crippen LogP contribution in [-0.2, 0) is 14.3 Å². The first-order valence-corrected chi connectivity index (χ1v) is 7.56. The van der Waals surface area contributed by atoms with E-state index >= 15 is 0 Å². The first kappa shape index (κ1) is 18.1. The Morgan fingerprint density at radius 1 is 0.947 bits per heavy atom. The van der Waals surface area contributed by atoms with Gasteiger partial charge in [-0.3, -0.25) is 9.59 Å². The van der Waals surface area contributed by atoms with Crippen molar-refractivity contribution < 1.29 is 14.3 Å². The molecule has 0 saturated carbocycles. The first-order valence-electron chi connectivity index (χ1n) is 7.56. The molecular formula is C16H30O3. The van der Waals surface area contributed by atoms with E-state index in [0.29, 0.717) is 13.0 Å². The molecule has 0 heterocycles. The summed E-state index contributed by atoms with van der Waals surface area (Å²) in [7, 11) is 0. The van der Waals surface area contributed by atoms with Crippen LogP contribution >= 0.6 is 0 Å². The highest BCUT2D eigenvalue weighted by Crippen LogP contribution is 2.30. The zero-order chi connectivity index (χ0) is 15.0. The lowest BCUT2D eigenvalue weighted by atomic mass is 9.74. The molecule has 2 unspecified atom stereocenters. The molecule has 2 atom stereocenters. The van der Waals surface area contributed by atoms with Crippen LogP contribution in [0.2, 0.25) is 0 Å². The molecule has 0 aromatic heterocycles. The van der Waals surface area contributed by atoms with Gasteiger partial charge >= 0.3 is 5.97 Å². The number of rotatable bonds is 9. The molecule has 0 spiro atoms. The molecule has 0 aromatic carbocycles. The number of hydrogen-bond donors (Lipinski definition) is 0. The molecule has 0 rings (SSSR count). The van der Waals surface area contributed by atoms with Crippen molar-refractivity contribution in [3.05, 3.63) is 0 Å². The normalized spacial score (nSPS) is 14.5. The third-order valence-electron chi connectivity index (χ3n) is 3.56. The lowest BCUT2D eigenvalue weighted by Crippen LogP contribution is -2.38. The summed E-state index contributed by atoms with van der Waals surface area (Å²) >= 11 is 0. The predicted molar refractivity (Wildman–Crippen MR) is 77.8 cm³/mol. The Morgan fingerprint density at radius 2 is 1.47 bits per heavy atom. The molecule has 0 radical (unpaired) electrons. The quantitative estimate of drug-likeness (QED) is 0.472. The Labute approximate surface area is 118 Å². The minimum atomic E-state index is -0.315. The third-order valence-corrected chi connectivity index (χ3v) is 3.56. The van der Waals surface area contributed by atoms with Gasteiger partial charge < -0.3 is 4.74 Å². The van der Waals surface area contributed by atoms with Crippen LogP contribution in [0.5, 0.6) is 0 Å². The number of carbonyl (C=O) groups excluding carboxylic acids is 2. The van der Waals surface area contributed by atoms with Crippen molar-refractivity contribution in [3.8, 4) is 0 Å². The number of carbonyl (C=O) groups is 2. The maximum absolute atomic E-state index is 12.3. The number of Topliss-reactive ketones (excluding diaryl/α,β-unsaturated/α-hetero) is 1. The number of ketones is 1. The minimum Gasteiger partial charge on any atom is -0.465 e. The molecule has 0 saturated heterocycles. The summed E-state index contributed by atoms with van der Waals surface area (Å²) in [6.45, 7) is 12.4. The van der Waals surface area contributed by atoms with Crippen LogP contribution in [0.25, 0.3) is 0 Å². The highest BCUT2D eigenvalue weighted by molar-refractivity contribution is 5.87. The smallest absolute Gasteiger partial charge is 0.309 e. The Balaban J connectivity index is 4.94. The Kier molecular flexibility index (Phi) is 8.70. The second kappa shape index (κ2) is 9.11. The summed E-state index contributed by atoms with van der Waals surface area (Å²) in [4.78, 5) is 24.4. The van der Waals surface area contributed by atoms with Gasteiger partial charge in [0.15, 0.2) is 0 Å². The molecule has 3 heteroatoms. The fraction of sp³-hybridized carbons (Fsp3) is 0.875. The molecule has 0 bridgehead atoms. The zero-order valence-corrected chi connectivity index (χ0v) is 13.4. The highest BCUT2D eigenvalue weighted by atomic mass is 16.5. The summed E-state index contributed by atoms with van der Waals surface area (Å²) in [6.07, 6.45) is 2.36. The fourth-order valence-electron chi connectivity index (χ4n) is 2.47. The van der Waals surface area contributed by atoms with Gasteiger partial charge in [-0.2, -0.15) is 0 Å². The fourth-order valence-corrected chi connectivity index (χ4v) is 2.47. The lowest BCUT2D eigenvalue weighted by molar-refractivity contribution is -0.156. The van der Waals surface area contributed by atoms with Crippen LogP contribution in [0, 0.1) is 23.7 Å². The van der Waals surface area contributed by atoms with E-state index in [2.05, 4.69) is 6.92 Å². The predicted octanol–water partition coefficient (Wildman–Crippen LogP) is 3.85. The number of ether oxygens (including phenoxy) is 1. The molecular weight excluding hydrogens is 240 g/mol. The van der Waals surface area contributed by atoms with Gasteiger partial charge in [0, 0.05) is 12.3 Å². The molecule has 112 valence electrons. The SMILES string of the molecule is CCCCOC(=O)C(C(C)C)C(C(=O)CC)C(C)C. The summed E-state index contributed by atoms with van der Waals surface area (Å²) in [5.74, 6) is -0.288. The van der Waals surface area contributed by atoms with Crippen LogP contribution in [0.1, 0.15) is 60.8 Å². The Morgan fingerprint density at radius 3 is 1.84 bits per heavy atom. The van der Waals surface area contributed by atoms with E-state index in [9.17, 15) is 9.59 Å².